The Morgan fingerprint density at radius 2 is 2.12 bits per heavy atom. The Hall–Kier alpha value is -1.16. The maximum atomic E-state index is 13.4. The van der Waals surface area contributed by atoms with E-state index in [1.807, 2.05) is 6.92 Å². The van der Waals surface area contributed by atoms with Crippen LogP contribution in [-0.2, 0) is 0 Å². The van der Waals surface area contributed by atoms with Gasteiger partial charge in [-0.15, -0.1) is 11.6 Å². The Morgan fingerprint density at radius 3 is 2.59 bits per heavy atom. The summed E-state index contributed by atoms with van der Waals surface area (Å²) in [6.07, 6.45) is 0.616. The molecule has 0 fully saturated rings. The molecule has 2 nitrogen and oxygen atoms in total. The molecule has 0 heterocycles. The zero-order valence-electron chi connectivity index (χ0n) is 9.69. The van der Waals surface area contributed by atoms with Crippen molar-refractivity contribution >= 4 is 17.5 Å². The molecule has 5 heteroatoms. The van der Waals surface area contributed by atoms with Crippen LogP contribution in [-0.4, -0.2) is 17.3 Å². The zero-order chi connectivity index (χ0) is 13.1. The van der Waals surface area contributed by atoms with Gasteiger partial charge in [-0.2, -0.15) is 0 Å². The van der Waals surface area contributed by atoms with E-state index < -0.39 is 23.1 Å². The third-order valence-electron chi connectivity index (χ3n) is 2.67. The summed E-state index contributed by atoms with van der Waals surface area (Å²) in [6.45, 7) is 3.63. The van der Waals surface area contributed by atoms with Gasteiger partial charge in [0.1, 0.15) is 11.6 Å². The van der Waals surface area contributed by atoms with E-state index in [1.54, 1.807) is 6.92 Å². The molecule has 0 saturated heterocycles. The van der Waals surface area contributed by atoms with Crippen molar-refractivity contribution < 1.29 is 13.6 Å². The molecule has 0 aliphatic heterocycles. The van der Waals surface area contributed by atoms with Gasteiger partial charge in [0.05, 0.1) is 11.1 Å². The molecule has 0 radical (unpaired) electrons. The second-order valence-electron chi connectivity index (χ2n) is 4.13. The Kier molecular flexibility index (Phi) is 4.46. The molecule has 0 aliphatic rings. The van der Waals surface area contributed by atoms with Gasteiger partial charge in [0.15, 0.2) is 0 Å². The number of carbonyl (C=O) groups excluding carboxylic acids is 1. The minimum atomic E-state index is -0.879. The molecule has 0 spiro atoms. The van der Waals surface area contributed by atoms with Crippen LogP contribution in [0.4, 0.5) is 8.78 Å². The molecule has 1 rings (SSSR count). The third-order valence-corrected chi connectivity index (χ3v) is 3.26. The Labute approximate surface area is 104 Å². The maximum absolute atomic E-state index is 13.4. The predicted molar refractivity (Wildman–Crippen MR) is 63.2 cm³/mol. The Morgan fingerprint density at radius 1 is 1.47 bits per heavy atom. The van der Waals surface area contributed by atoms with Gasteiger partial charge >= 0.3 is 0 Å². The van der Waals surface area contributed by atoms with Crippen molar-refractivity contribution in [3.63, 3.8) is 0 Å². The second-order valence-corrected chi connectivity index (χ2v) is 4.39. The molecule has 1 N–H and O–H groups in total. The van der Waals surface area contributed by atoms with Crippen molar-refractivity contribution in [2.75, 3.05) is 5.88 Å². The first-order valence-electron chi connectivity index (χ1n) is 5.25. The number of hydrogen-bond acceptors (Lipinski definition) is 1. The van der Waals surface area contributed by atoms with Crippen LogP contribution in [0.25, 0.3) is 0 Å². The van der Waals surface area contributed by atoms with E-state index >= 15 is 0 Å². The number of nitrogens with one attached hydrogen (secondary N) is 1. The minimum absolute atomic E-state index is 0.184. The van der Waals surface area contributed by atoms with E-state index in [0.717, 1.165) is 12.1 Å². The first-order valence-corrected chi connectivity index (χ1v) is 5.79. The smallest absolute Gasteiger partial charge is 0.254 e. The highest BCUT2D eigenvalue weighted by Gasteiger charge is 2.25. The number of amides is 1. The molecule has 1 amide bonds. The lowest BCUT2D eigenvalue weighted by Crippen LogP contribution is -2.47. The summed E-state index contributed by atoms with van der Waals surface area (Å²) < 4.78 is 26.0. The van der Waals surface area contributed by atoms with Gasteiger partial charge in [-0.1, -0.05) is 6.92 Å². The summed E-state index contributed by atoms with van der Waals surface area (Å²) in [5.74, 6) is -1.96. The first-order chi connectivity index (χ1) is 7.91. The topological polar surface area (TPSA) is 29.1 Å². The number of rotatable bonds is 4. The second kappa shape index (κ2) is 5.45. The van der Waals surface area contributed by atoms with Gasteiger partial charge in [-0.25, -0.2) is 8.78 Å². The third kappa shape index (κ3) is 3.40. The van der Waals surface area contributed by atoms with Crippen LogP contribution in [0.2, 0.25) is 0 Å². The zero-order valence-corrected chi connectivity index (χ0v) is 10.4. The standard InChI is InChI=1S/C12H14ClF2NO/c1-3-12(2,7-13)16-11(17)9-5-4-8(14)6-10(9)15/h4-6H,3,7H2,1-2H3,(H,16,17). The van der Waals surface area contributed by atoms with E-state index in [9.17, 15) is 13.6 Å². The van der Waals surface area contributed by atoms with E-state index in [0.29, 0.717) is 12.5 Å². The van der Waals surface area contributed by atoms with Gasteiger partial charge < -0.3 is 5.32 Å². The van der Waals surface area contributed by atoms with E-state index in [1.165, 1.54) is 0 Å². The number of alkyl halides is 1. The molecule has 1 aromatic rings. The number of benzene rings is 1. The van der Waals surface area contributed by atoms with Crippen LogP contribution in [0.3, 0.4) is 0 Å². The van der Waals surface area contributed by atoms with Gasteiger partial charge in [-0.05, 0) is 25.5 Å². The molecule has 1 unspecified atom stereocenters. The van der Waals surface area contributed by atoms with Gasteiger partial charge in [0.2, 0.25) is 0 Å². The molecule has 1 aromatic carbocycles. The Balaban J connectivity index is 2.90. The van der Waals surface area contributed by atoms with Crippen molar-refractivity contribution in [2.24, 2.45) is 0 Å². The van der Waals surface area contributed by atoms with Gasteiger partial charge in [0, 0.05) is 11.9 Å². The molecule has 0 saturated carbocycles. The number of carbonyl (C=O) groups is 1. The molecular weight excluding hydrogens is 248 g/mol. The number of hydrogen-bond donors (Lipinski definition) is 1. The van der Waals surface area contributed by atoms with Crippen LogP contribution in [0.5, 0.6) is 0 Å². The summed E-state index contributed by atoms with van der Waals surface area (Å²) in [5, 5.41) is 2.64. The lowest BCUT2D eigenvalue weighted by Gasteiger charge is -2.27. The van der Waals surface area contributed by atoms with E-state index in [-0.39, 0.29) is 11.4 Å². The monoisotopic (exact) mass is 261 g/mol. The molecule has 94 valence electrons. The highest BCUT2D eigenvalue weighted by Crippen LogP contribution is 2.15. The lowest BCUT2D eigenvalue weighted by atomic mass is 10.0. The molecule has 0 bridgehead atoms. The van der Waals surface area contributed by atoms with Crippen molar-refractivity contribution in [2.45, 2.75) is 25.8 Å². The molecular formula is C12H14ClF2NO. The average molecular weight is 262 g/mol. The fraction of sp³-hybridized carbons (Fsp3) is 0.417. The van der Waals surface area contributed by atoms with Crippen molar-refractivity contribution in [3.05, 3.63) is 35.4 Å². The van der Waals surface area contributed by atoms with E-state index in [4.69, 9.17) is 11.6 Å². The van der Waals surface area contributed by atoms with Gasteiger partial charge in [0.25, 0.3) is 5.91 Å². The minimum Gasteiger partial charge on any atom is -0.346 e. The van der Waals surface area contributed by atoms with Crippen LogP contribution >= 0.6 is 11.6 Å². The van der Waals surface area contributed by atoms with Crippen LogP contribution in [0.1, 0.15) is 30.6 Å². The first kappa shape index (κ1) is 13.9. The summed E-state index contributed by atoms with van der Waals surface area (Å²) in [6, 6.07) is 2.84. The SMILES string of the molecule is CCC(C)(CCl)NC(=O)c1ccc(F)cc1F. The van der Waals surface area contributed by atoms with Crippen LogP contribution in [0.15, 0.2) is 18.2 Å². The molecule has 17 heavy (non-hydrogen) atoms. The largest absolute Gasteiger partial charge is 0.346 e. The predicted octanol–water partition coefficient (Wildman–Crippen LogP) is 3.10. The fourth-order valence-electron chi connectivity index (χ4n) is 1.23. The van der Waals surface area contributed by atoms with Crippen molar-refractivity contribution in [1.82, 2.24) is 5.32 Å². The lowest BCUT2D eigenvalue weighted by molar-refractivity contribution is 0.0908. The average Bonchev–Trinajstić information content (AvgIpc) is 2.28. The summed E-state index contributed by atoms with van der Waals surface area (Å²) >= 11 is 5.74. The molecule has 0 aromatic heterocycles. The fourth-order valence-corrected chi connectivity index (χ4v) is 1.49. The van der Waals surface area contributed by atoms with E-state index in [2.05, 4.69) is 5.32 Å². The highest BCUT2D eigenvalue weighted by atomic mass is 35.5. The molecule has 1 atom stereocenters. The van der Waals surface area contributed by atoms with Crippen molar-refractivity contribution in [3.8, 4) is 0 Å². The Bertz CT molecular complexity index is 419. The molecule has 0 aliphatic carbocycles. The summed E-state index contributed by atoms with van der Waals surface area (Å²) in [4.78, 5) is 11.8. The number of halogens is 3. The summed E-state index contributed by atoms with van der Waals surface area (Å²) in [5.41, 5.74) is -0.782. The maximum Gasteiger partial charge on any atom is 0.254 e. The normalized spacial score (nSPS) is 14.2. The quantitative estimate of drug-likeness (QED) is 0.829. The van der Waals surface area contributed by atoms with Gasteiger partial charge in [-0.3, -0.25) is 4.79 Å². The van der Waals surface area contributed by atoms with Crippen LogP contribution in [0, 0.1) is 11.6 Å². The van der Waals surface area contributed by atoms with Crippen molar-refractivity contribution in [1.29, 1.82) is 0 Å². The summed E-state index contributed by atoms with van der Waals surface area (Å²) in [7, 11) is 0. The van der Waals surface area contributed by atoms with Crippen LogP contribution < -0.4 is 5.32 Å². The highest BCUT2D eigenvalue weighted by molar-refractivity contribution is 6.18.